The van der Waals surface area contributed by atoms with Crippen LogP contribution in [-0.2, 0) is 16.2 Å². The third-order valence-corrected chi connectivity index (χ3v) is 4.93. The van der Waals surface area contributed by atoms with Crippen LogP contribution >= 0.6 is 0 Å². The Bertz CT molecular complexity index is 1040. The molecule has 0 spiro atoms. The van der Waals surface area contributed by atoms with Crippen molar-refractivity contribution in [2.24, 2.45) is 0 Å². The number of anilines is 1. The first-order valence-corrected chi connectivity index (χ1v) is 9.51. The summed E-state index contributed by atoms with van der Waals surface area (Å²) in [7, 11) is 1.46. The quantitative estimate of drug-likeness (QED) is 0.748. The smallest absolute Gasteiger partial charge is 0.269 e. The summed E-state index contributed by atoms with van der Waals surface area (Å²) in [5.74, 6) is -0.698. The van der Waals surface area contributed by atoms with Gasteiger partial charge in [-0.3, -0.25) is 14.4 Å². The number of carbonyl (C=O) groups is 2. The van der Waals surface area contributed by atoms with Crippen molar-refractivity contribution in [1.82, 2.24) is 15.4 Å². The van der Waals surface area contributed by atoms with Crippen molar-refractivity contribution < 1.29 is 23.6 Å². The molecule has 0 radical (unpaired) electrons. The van der Waals surface area contributed by atoms with E-state index in [4.69, 9.17) is 9.57 Å². The van der Waals surface area contributed by atoms with Crippen LogP contribution in [0.15, 0.2) is 36.4 Å². The molecule has 1 aromatic carbocycles. The van der Waals surface area contributed by atoms with Crippen LogP contribution in [0.3, 0.4) is 0 Å². The zero-order chi connectivity index (χ0) is 21.3. The number of hydrogen-bond donors (Lipinski definition) is 2. The summed E-state index contributed by atoms with van der Waals surface area (Å²) in [5, 5.41) is 6.98. The highest BCUT2D eigenvalue weighted by atomic mass is 19.1. The van der Waals surface area contributed by atoms with Crippen LogP contribution in [0.4, 0.5) is 10.1 Å². The van der Waals surface area contributed by atoms with E-state index in [2.05, 4.69) is 15.6 Å². The highest BCUT2D eigenvalue weighted by Crippen LogP contribution is 2.31. The number of halogens is 1. The summed E-state index contributed by atoms with van der Waals surface area (Å²) in [5.41, 5.74) is 2.57. The molecule has 2 aliphatic rings. The Labute approximate surface area is 172 Å². The summed E-state index contributed by atoms with van der Waals surface area (Å²) in [6.07, 6.45) is 1.35. The standard InChI is InChI=1S/C21H21FN4O4/c1-12-20(27)25-17-9-13(3-6-18(17)30-12)10-26-8-7-14(11-29-26)15-4-5-16(21(28)23-2)24-19(15)22/h3-7,9,12H,8,10-11H2,1-2H3,(H,23,28)(H,25,27). The van der Waals surface area contributed by atoms with Gasteiger partial charge in [0, 0.05) is 25.7 Å². The Morgan fingerprint density at radius 3 is 2.90 bits per heavy atom. The molecule has 2 amide bonds. The van der Waals surface area contributed by atoms with Gasteiger partial charge in [0.05, 0.1) is 12.3 Å². The first-order valence-electron chi connectivity index (χ1n) is 9.51. The van der Waals surface area contributed by atoms with Gasteiger partial charge in [-0.1, -0.05) is 12.1 Å². The lowest BCUT2D eigenvalue weighted by Crippen LogP contribution is -2.34. The molecule has 4 rings (SSSR count). The van der Waals surface area contributed by atoms with E-state index < -0.39 is 18.0 Å². The maximum absolute atomic E-state index is 14.3. The van der Waals surface area contributed by atoms with Crippen molar-refractivity contribution in [3.05, 3.63) is 59.2 Å². The second-order valence-electron chi connectivity index (χ2n) is 7.02. The number of hydroxylamine groups is 2. The van der Waals surface area contributed by atoms with Gasteiger partial charge >= 0.3 is 0 Å². The molecular weight excluding hydrogens is 391 g/mol. The summed E-state index contributed by atoms with van der Waals surface area (Å²) in [6.45, 7) is 2.81. The molecule has 0 aliphatic carbocycles. The van der Waals surface area contributed by atoms with Gasteiger partial charge in [-0.15, -0.1) is 0 Å². The summed E-state index contributed by atoms with van der Waals surface area (Å²) in [6, 6.07) is 8.59. The lowest BCUT2D eigenvalue weighted by molar-refractivity contribution is -0.150. The molecule has 1 unspecified atom stereocenters. The van der Waals surface area contributed by atoms with Crippen LogP contribution in [0.5, 0.6) is 5.75 Å². The number of benzene rings is 1. The molecule has 0 saturated heterocycles. The van der Waals surface area contributed by atoms with Crippen molar-refractivity contribution >= 4 is 23.1 Å². The topological polar surface area (TPSA) is 92.8 Å². The minimum atomic E-state index is -0.709. The average molecular weight is 412 g/mol. The fourth-order valence-corrected chi connectivity index (χ4v) is 3.27. The number of aromatic nitrogens is 1. The van der Waals surface area contributed by atoms with Crippen molar-refractivity contribution in [1.29, 1.82) is 0 Å². The number of pyridine rings is 1. The van der Waals surface area contributed by atoms with E-state index in [1.165, 1.54) is 19.2 Å². The molecule has 2 aliphatic heterocycles. The van der Waals surface area contributed by atoms with E-state index in [0.717, 1.165) is 5.56 Å². The van der Waals surface area contributed by atoms with E-state index >= 15 is 0 Å². The predicted octanol–water partition coefficient (Wildman–Crippen LogP) is 2.13. The molecule has 1 atom stereocenters. The van der Waals surface area contributed by atoms with E-state index in [-0.39, 0.29) is 18.2 Å². The second-order valence-corrected chi connectivity index (χ2v) is 7.02. The Morgan fingerprint density at radius 1 is 1.37 bits per heavy atom. The first kappa shape index (κ1) is 20.0. The van der Waals surface area contributed by atoms with Gasteiger partial charge in [-0.05, 0) is 42.3 Å². The van der Waals surface area contributed by atoms with Crippen LogP contribution in [0.1, 0.15) is 28.5 Å². The molecular formula is C21H21FN4O4. The number of nitrogens with one attached hydrogen (secondary N) is 2. The fourth-order valence-electron chi connectivity index (χ4n) is 3.27. The SMILES string of the molecule is CNC(=O)c1ccc(C2=CCN(Cc3ccc4c(c3)NC(=O)C(C)O4)OC2)c(F)n1. The third kappa shape index (κ3) is 4.03. The molecule has 30 heavy (non-hydrogen) atoms. The molecule has 0 saturated carbocycles. The number of nitrogens with zero attached hydrogens (tertiary/aromatic N) is 2. The lowest BCUT2D eigenvalue weighted by Gasteiger charge is -2.27. The first-order chi connectivity index (χ1) is 14.4. The average Bonchev–Trinajstić information content (AvgIpc) is 2.75. The molecule has 3 heterocycles. The Hall–Kier alpha value is -3.30. The van der Waals surface area contributed by atoms with Crippen LogP contribution in [0.25, 0.3) is 5.57 Å². The molecule has 156 valence electrons. The highest BCUT2D eigenvalue weighted by molar-refractivity contribution is 5.97. The van der Waals surface area contributed by atoms with Gasteiger partial charge in [0.1, 0.15) is 11.4 Å². The van der Waals surface area contributed by atoms with Crippen LogP contribution in [0.2, 0.25) is 0 Å². The van der Waals surface area contributed by atoms with Gasteiger partial charge < -0.3 is 15.4 Å². The van der Waals surface area contributed by atoms with E-state index in [1.54, 1.807) is 12.0 Å². The summed E-state index contributed by atoms with van der Waals surface area (Å²) < 4.78 is 19.9. The van der Waals surface area contributed by atoms with Crippen molar-refractivity contribution in [2.75, 3.05) is 25.5 Å². The van der Waals surface area contributed by atoms with Gasteiger partial charge in [-0.2, -0.15) is 9.45 Å². The molecule has 2 N–H and O–H groups in total. The highest BCUT2D eigenvalue weighted by Gasteiger charge is 2.24. The van der Waals surface area contributed by atoms with Crippen LogP contribution in [-0.4, -0.2) is 48.2 Å². The third-order valence-electron chi connectivity index (χ3n) is 4.93. The van der Waals surface area contributed by atoms with Gasteiger partial charge in [-0.25, -0.2) is 4.98 Å². The molecule has 2 aromatic rings. The number of fused-ring (bicyclic) bond motifs is 1. The number of hydrogen-bond acceptors (Lipinski definition) is 6. The normalized spacial score (nSPS) is 18.7. The lowest BCUT2D eigenvalue weighted by atomic mass is 10.1. The summed E-state index contributed by atoms with van der Waals surface area (Å²) >= 11 is 0. The number of rotatable bonds is 4. The fraction of sp³-hybridized carbons (Fsp3) is 0.286. The van der Waals surface area contributed by atoms with Gasteiger partial charge in [0.15, 0.2) is 6.10 Å². The largest absolute Gasteiger partial charge is 0.479 e. The monoisotopic (exact) mass is 412 g/mol. The van der Waals surface area contributed by atoms with E-state index in [9.17, 15) is 14.0 Å². The number of ether oxygens (including phenoxy) is 1. The number of carbonyl (C=O) groups excluding carboxylic acids is 2. The van der Waals surface area contributed by atoms with Gasteiger partial charge in [0.25, 0.3) is 11.8 Å². The molecule has 1 aromatic heterocycles. The predicted molar refractivity (Wildman–Crippen MR) is 107 cm³/mol. The zero-order valence-corrected chi connectivity index (χ0v) is 16.6. The molecule has 8 nitrogen and oxygen atoms in total. The van der Waals surface area contributed by atoms with Crippen molar-refractivity contribution in [2.45, 2.75) is 19.6 Å². The minimum absolute atomic E-state index is 0.0237. The molecule has 0 fully saturated rings. The minimum Gasteiger partial charge on any atom is -0.479 e. The van der Waals surface area contributed by atoms with Crippen molar-refractivity contribution in [3.8, 4) is 5.75 Å². The zero-order valence-electron chi connectivity index (χ0n) is 16.6. The van der Waals surface area contributed by atoms with E-state index in [1.807, 2.05) is 24.3 Å². The maximum atomic E-state index is 14.3. The van der Waals surface area contributed by atoms with Gasteiger partial charge in [0.2, 0.25) is 5.95 Å². The maximum Gasteiger partial charge on any atom is 0.269 e. The Kier molecular flexibility index (Phi) is 5.47. The van der Waals surface area contributed by atoms with Crippen LogP contribution in [0, 0.1) is 5.95 Å². The molecule has 9 heteroatoms. The Morgan fingerprint density at radius 2 is 2.20 bits per heavy atom. The second kappa shape index (κ2) is 8.21. The Balaban J connectivity index is 1.43. The molecule has 0 bridgehead atoms. The van der Waals surface area contributed by atoms with Crippen molar-refractivity contribution in [3.63, 3.8) is 0 Å². The van der Waals surface area contributed by atoms with Crippen LogP contribution < -0.4 is 15.4 Å². The van der Waals surface area contributed by atoms with E-state index in [0.29, 0.717) is 35.7 Å². The summed E-state index contributed by atoms with van der Waals surface area (Å²) in [4.78, 5) is 32.9. The number of amides is 2.